The molecular formula is C13H16FN3OS. The average molecular weight is 281 g/mol. The minimum Gasteiger partial charge on any atom is -0.389 e. The molecule has 4 nitrogen and oxygen atoms in total. The van der Waals surface area contributed by atoms with Gasteiger partial charge in [0.15, 0.2) is 0 Å². The number of nitrogens with two attached hydrogens (primary N) is 1. The molecular weight excluding hydrogens is 265 g/mol. The summed E-state index contributed by atoms with van der Waals surface area (Å²) in [4.78, 5) is 13.4. The van der Waals surface area contributed by atoms with Crippen LogP contribution in [0.4, 0.5) is 10.1 Å². The summed E-state index contributed by atoms with van der Waals surface area (Å²) >= 11 is 4.79. The van der Waals surface area contributed by atoms with Crippen LogP contribution in [0.15, 0.2) is 18.2 Å². The van der Waals surface area contributed by atoms with Crippen molar-refractivity contribution >= 4 is 28.8 Å². The zero-order valence-electron chi connectivity index (χ0n) is 10.6. The highest BCUT2D eigenvalue weighted by Gasteiger charge is 2.23. The van der Waals surface area contributed by atoms with Crippen molar-refractivity contribution in [1.29, 1.82) is 0 Å². The van der Waals surface area contributed by atoms with Gasteiger partial charge in [0.25, 0.3) is 0 Å². The lowest BCUT2D eigenvalue weighted by molar-refractivity contribution is -0.119. The van der Waals surface area contributed by atoms with E-state index in [1.807, 2.05) is 0 Å². The SMILES string of the molecule is CN(CC(=O)NC1CC1)c1ccc(C(N)=S)cc1F. The second-order valence-electron chi connectivity index (χ2n) is 4.73. The number of hydrogen-bond acceptors (Lipinski definition) is 3. The normalized spacial score (nSPS) is 14.0. The Hall–Kier alpha value is -1.69. The van der Waals surface area contributed by atoms with Crippen LogP contribution in [0, 0.1) is 5.82 Å². The van der Waals surface area contributed by atoms with Crippen LogP contribution in [0.3, 0.4) is 0 Å². The third-order valence-electron chi connectivity index (χ3n) is 2.97. The Labute approximate surface area is 116 Å². The van der Waals surface area contributed by atoms with Gasteiger partial charge in [-0.2, -0.15) is 0 Å². The van der Waals surface area contributed by atoms with Crippen LogP contribution >= 0.6 is 12.2 Å². The second-order valence-corrected chi connectivity index (χ2v) is 5.17. The molecule has 0 bridgehead atoms. The molecule has 0 aromatic heterocycles. The molecule has 1 amide bonds. The van der Waals surface area contributed by atoms with E-state index < -0.39 is 5.82 Å². The van der Waals surface area contributed by atoms with Crippen LogP contribution in [-0.4, -0.2) is 30.5 Å². The molecule has 0 saturated heterocycles. The Morgan fingerprint density at radius 3 is 2.79 bits per heavy atom. The molecule has 3 N–H and O–H groups in total. The highest BCUT2D eigenvalue weighted by molar-refractivity contribution is 7.80. The molecule has 19 heavy (non-hydrogen) atoms. The fourth-order valence-corrected chi connectivity index (χ4v) is 1.90. The maximum absolute atomic E-state index is 13.9. The average Bonchev–Trinajstić information content (AvgIpc) is 3.12. The third kappa shape index (κ3) is 3.64. The van der Waals surface area contributed by atoms with E-state index in [1.165, 1.54) is 6.07 Å². The van der Waals surface area contributed by atoms with Gasteiger partial charge >= 0.3 is 0 Å². The summed E-state index contributed by atoms with van der Waals surface area (Å²) in [5, 5.41) is 2.86. The highest BCUT2D eigenvalue weighted by Crippen LogP contribution is 2.20. The second kappa shape index (κ2) is 5.52. The number of nitrogens with one attached hydrogen (secondary N) is 1. The van der Waals surface area contributed by atoms with E-state index in [-0.39, 0.29) is 17.4 Å². The molecule has 6 heteroatoms. The topological polar surface area (TPSA) is 58.4 Å². The highest BCUT2D eigenvalue weighted by atomic mass is 32.1. The Morgan fingerprint density at radius 2 is 2.26 bits per heavy atom. The predicted molar refractivity (Wildman–Crippen MR) is 76.7 cm³/mol. The molecule has 0 radical (unpaired) electrons. The van der Waals surface area contributed by atoms with Crippen LogP contribution in [0.2, 0.25) is 0 Å². The zero-order chi connectivity index (χ0) is 14.0. The number of hydrogen-bond donors (Lipinski definition) is 2. The van der Waals surface area contributed by atoms with E-state index in [2.05, 4.69) is 5.32 Å². The number of carbonyl (C=O) groups excluding carboxylic acids is 1. The van der Waals surface area contributed by atoms with Gasteiger partial charge in [-0.1, -0.05) is 12.2 Å². The number of nitrogens with zero attached hydrogens (tertiary/aromatic N) is 1. The van der Waals surface area contributed by atoms with Gasteiger partial charge in [0.2, 0.25) is 5.91 Å². The van der Waals surface area contributed by atoms with Crippen LogP contribution in [-0.2, 0) is 4.79 Å². The van der Waals surface area contributed by atoms with E-state index in [9.17, 15) is 9.18 Å². The maximum atomic E-state index is 13.9. The van der Waals surface area contributed by atoms with Gasteiger partial charge in [0.1, 0.15) is 10.8 Å². The van der Waals surface area contributed by atoms with Gasteiger partial charge in [-0.05, 0) is 31.0 Å². The first-order chi connectivity index (χ1) is 8.97. The lowest BCUT2D eigenvalue weighted by Gasteiger charge is -2.19. The first-order valence-corrected chi connectivity index (χ1v) is 6.48. The minimum absolute atomic E-state index is 0.0946. The summed E-state index contributed by atoms with van der Waals surface area (Å²) in [7, 11) is 1.67. The molecule has 0 unspecified atom stereocenters. The van der Waals surface area contributed by atoms with Gasteiger partial charge < -0.3 is 16.0 Å². The Bertz CT molecular complexity index is 517. The molecule has 2 rings (SSSR count). The van der Waals surface area contributed by atoms with Gasteiger partial charge in [0.05, 0.1) is 12.2 Å². The number of anilines is 1. The maximum Gasteiger partial charge on any atom is 0.239 e. The van der Waals surface area contributed by atoms with Crippen LogP contribution < -0.4 is 16.0 Å². The van der Waals surface area contributed by atoms with Crippen LogP contribution in [0.5, 0.6) is 0 Å². The van der Waals surface area contributed by atoms with Crippen molar-refractivity contribution in [1.82, 2.24) is 5.32 Å². The summed E-state index contributed by atoms with van der Waals surface area (Å²) < 4.78 is 13.9. The predicted octanol–water partition coefficient (Wildman–Crippen LogP) is 1.17. The molecule has 0 heterocycles. The Morgan fingerprint density at radius 1 is 1.58 bits per heavy atom. The molecule has 0 atom stereocenters. The first-order valence-electron chi connectivity index (χ1n) is 6.07. The fourth-order valence-electron chi connectivity index (χ4n) is 1.77. The molecule has 1 aliphatic rings. The fraction of sp³-hybridized carbons (Fsp3) is 0.385. The van der Waals surface area contributed by atoms with Gasteiger partial charge in [0, 0.05) is 18.7 Å². The smallest absolute Gasteiger partial charge is 0.239 e. The number of benzene rings is 1. The summed E-state index contributed by atoms with van der Waals surface area (Å²) in [5.41, 5.74) is 6.27. The lowest BCUT2D eigenvalue weighted by Crippen LogP contribution is -2.36. The number of amides is 1. The molecule has 1 aliphatic carbocycles. The number of halogens is 1. The van der Waals surface area contributed by atoms with Crippen LogP contribution in [0.25, 0.3) is 0 Å². The molecule has 102 valence electrons. The monoisotopic (exact) mass is 281 g/mol. The van der Waals surface area contributed by atoms with Crippen molar-refractivity contribution in [3.05, 3.63) is 29.6 Å². The molecule has 1 aromatic rings. The van der Waals surface area contributed by atoms with Gasteiger partial charge in [-0.15, -0.1) is 0 Å². The number of likely N-dealkylation sites (N-methyl/N-ethyl adjacent to an activating group) is 1. The lowest BCUT2D eigenvalue weighted by atomic mass is 10.2. The van der Waals surface area contributed by atoms with Crippen molar-refractivity contribution in [2.24, 2.45) is 5.73 Å². The number of carbonyl (C=O) groups is 1. The quantitative estimate of drug-likeness (QED) is 0.796. The first kappa shape index (κ1) is 13.7. The number of thiocarbonyl (C=S) groups is 1. The molecule has 1 saturated carbocycles. The van der Waals surface area contributed by atoms with Crippen molar-refractivity contribution < 1.29 is 9.18 Å². The summed E-state index contributed by atoms with van der Waals surface area (Å²) in [6, 6.07) is 4.82. The Balaban J connectivity index is 2.03. The molecule has 0 aliphatic heterocycles. The van der Waals surface area contributed by atoms with Crippen LogP contribution in [0.1, 0.15) is 18.4 Å². The summed E-state index contributed by atoms with van der Waals surface area (Å²) in [6.07, 6.45) is 2.07. The van der Waals surface area contributed by atoms with Crippen molar-refractivity contribution in [2.45, 2.75) is 18.9 Å². The largest absolute Gasteiger partial charge is 0.389 e. The van der Waals surface area contributed by atoms with Crippen molar-refractivity contribution in [3.63, 3.8) is 0 Å². The van der Waals surface area contributed by atoms with Gasteiger partial charge in [-0.25, -0.2) is 4.39 Å². The standard InChI is InChI=1S/C13H16FN3OS/c1-17(7-12(18)16-9-3-4-9)11-5-2-8(13(15)19)6-10(11)14/h2,5-6,9H,3-4,7H2,1H3,(H2,15,19)(H,16,18). The van der Waals surface area contributed by atoms with E-state index in [0.29, 0.717) is 17.3 Å². The zero-order valence-corrected chi connectivity index (χ0v) is 11.5. The molecule has 1 aromatic carbocycles. The summed E-state index contributed by atoms with van der Waals surface area (Å²) in [6.45, 7) is 0.125. The minimum atomic E-state index is -0.438. The van der Waals surface area contributed by atoms with E-state index >= 15 is 0 Å². The van der Waals surface area contributed by atoms with E-state index in [4.69, 9.17) is 18.0 Å². The van der Waals surface area contributed by atoms with E-state index in [1.54, 1.807) is 24.1 Å². The van der Waals surface area contributed by atoms with E-state index in [0.717, 1.165) is 12.8 Å². The molecule has 1 fully saturated rings. The van der Waals surface area contributed by atoms with Crippen molar-refractivity contribution in [2.75, 3.05) is 18.5 Å². The van der Waals surface area contributed by atoms with Crippen molar-refractivity contribution in [3.8, 4) is 0 Å². The third-order valence-corrected chi connectivity index (χ3v) is 3.20. The Kier molecular flexibility index (Phi) is 3.99. The molecule has 0 spiro atoms. The van der Waals surface area contributed by atoms with Gasteiger partial charge in [-0.3, -0.25) is 4.79 Å². The number of rotatable bonds is 5. The summed E-state index contributed by atoms with van der Waals surface area (Å²) in [5.74, 6) is -0.533.